The molecule has 1 atom stereocenters. The molecule has 1 N–H and O–H groups in total. The molecule has 1 aromatic rings. The first-order valence-corrected chi connectivity index (χ1v) is 6.97. The van der Waals surface area contributed by atoms with Gasteiger partial charge in [-0.05, 0) is 48.9 Å². The Labute approximate surface area is 107 Å². The van der Waals surface area contributed by atoms with Gasteiger partial charge in [-0.3, -0.25) is 4.79 Å². The van der Waals surface area contributed by atoms with Gasteiger partial charge in [0.1, 0.15) is 0 Å². The van der Waals surface area contributed by atoms with Crippen molar-refractivity contribution >= 4 is 5.91 Å². The Morgan fingerprint density at radius 2 is 2.11 bits per heavy atom. The van der Waals surface area contributed by atoms with Crippen molar-refractivity contribution in [1.29, 1.82) is 0 Å². The third-order valence-electron chi connectivity index (χ3n) is 4.49. The fourth-order valence-corrected chi connectivity index (χ4v) is 3.22. The lowest BCUT2D eigenvalue weighted by molar-refractivity contribution is 0.0766. The van der Waals surface area contributed by atoms with E-state index in [1.807, 2.05) is 0 Å². The highest BCUT2D eigenvalue weighted by Gasteiger charge is 2.38. The van der Waals surface area contributed by atoms with Crippen LogP contribution in [0.15, 0.2) is 18.2 Å². The SMILES string of the molecule is O=C1c2cc(C3CCNC3)ccc2CN1C1CC1. The van der Waals surface area contributed by atoms with Crippen LogP contribution < -0.4 is 5.32 Å². The zero-order valence-electron chi connectivity index (χ0n) is 10.5. The van der Waals surface area contributed by atoms with Gasteiger partial charge in [0.05, 0.1) is 0 Å². The molecule has 2 aliphatic heterocycles. The van der Waals surface area contributed by atoms with Crippen LogP contribution in [0.4, 0.5) is 0 Å². The molecule has 94 valence electrons. The van der Waals surface area contributed by atoms with Gasteiger partial charge in [-0.2, -0.15) is 0 Å². The number of amides is 1. The standard InChI is InChI=1S/C15H18N2O/c18-15-14-7-10(11-5-6-16-8-11)1-2-12(14)9-17(15)13-3-4-13/h1-2,7,11,13,16H,3-6,8-9H2. The van der Waals surface area contributed by atoms with Crippen LogP contribution in [-0.2, 0) is 6.54 Å². The molecule has 0 spiro atoms. The van der Waals surface area contributed by atoms with Crippen LogP contribution in [0.3, 0.4) is 0 Å². The van der Waals surface area contributed by atoms with Crippen LogP contribution in [0.2, 0.25) is 0 Å². The fraction of sp³-hybridized carbons (Fsp3) is 0.533. The second-order valence-electron chi connectivity index (χ2n) is 5.77. The molecule has 1 amide bonds. The largest absolute Gasteiger partial charge is 0.331 e. The number of nitrogens with zero attached hydrogens (tertiary/aromatic N) is 1. The molecular weight excluding hydrogens is 224 g/mol. The van der Waals surface area contributed by atoms with E-state index in [1.165, 1.54) is 30.4 Å². The third-order valence-corrected chi connectivity index (χ3v) is 4.49. The number of rotatable bonds is 2. The Morgan fingerprint density at radius 3 is 2.83 bits per heavy atom. The molecule has 1 aliphatic carbocycles. The van der Waals surface area contributed by atoms with Crippen molar-refractivity contribution in [2.24, 2.45) is 0 Å². The number of benzene rings is 1. The van der Waals surface area contributed by atoms with Crippen molar-refractivity contribution in [3.05, 3.63) is 34.9 Å². The lowest BCUT2D eigenvalue weighted by atomic mass is 9.95. The summed E-state index contributed by atoms with van der Waals surface area (Å²) in [6, 6.07) is 7.07. The molecule has 3 nitrogen and oxygen atoms in total. The molecule has 1 saturated carbocycles. The van der Waals surface area contributed by atoms with Gasteiger partial charge in [-0.1, -0.05) is 12.1 Å². The second kappa shape index (κ2) is 3.82. The van der Waals surface area contributed by atoms with Gasteiger partial charge < -0.3 is 10.2 Å². The summed E-state index contributed by atoms with van der Waals surface area (Å²) in [5, 5.41) is 3.39. The van der Waals surface area contributed by atoms with E-state index in [1.54, 1.807) is 0 Å². The van der Waals surface area contributed by atoms with Gasteiger partial charge in [0.2, 0.25) is 0 Å². The van der Waals surface area contributed by atoms with Crippen LogP contribution in [0.25, 0.3) is 0 Å². The topological polar surface area (TPSA) is 32.3 Å². The Bertz CT molecular complexity index is 501. The molecule has 4 rings (SSSR count). The minimum absolute atomic E-state index is 0.264. The molecule has 1 unspecified atom stereocenters. The predicted molar refractivity (Wildman–Crippen MR) is 69.6 cm³/mol. The minimum Gasteiger partial charge on any atom is -0.331 e. The first kappa shape index (κ1) is 10.6. The number of nitrogens with one attached hydrogen (secondary N) is 1. The Balaban J connectivity index is 1.66. The monoisotopic (exact) mass is 242 g/mol. The Hall–Kier alpha value is -1.35. The van der Waals surface area contributed by atoms with E-state index < -0.39 is 0 Å². The lowest BCUT2D eigenvalue weighted by Crippen LogP contribution is -2.25. The van der Waals surface area contributed by atoms with Gasteiger partial charge in [0.25, 0.3) is 5.91 Å². The average molecular weight is 242 g/mol. The van der Waals surface area contributed by atoms with Crippen molar-refractivity contribution in [3.63, 3.8) is 0 Å². The van der Waals surface area contributed by atoms with E-state index >= 15 is 0 Å². The Morgan fingerprint density at radius 1 is 1.22 bits per heavy atom. The highest BCUT2D eigenvalue weighted by molar-refractivity contribution is 5.99. The normalized spacial score (nSPS) is 26.8. The summed E-state index contributed by atoms with van der Waals surface area (Å²) in [5.41, 5.74) is 3.53. The zero-order valence-corrected chi connectivity index (χ0v) is 10.5. The summed E-state index contributed by atoms with van der Waals surface area (Å²) in [4.78, 5) is 14.4. The fourth-order valence-electron chi connectivity index (χ4n) is 3.22. The summed E-state index contributed by atoms with van der Waals surface area (Å²) >= 11 is 0. The molecule has 1 aromatic carbocycles. The van der Waals surface area contributed by atoms with E-state index in [-0.39, 0.29) is 5.91 Å². The number of carbonyl (C=O) groups excluding carboxylic acids is 1. The van der Waals surface area contributed by atoms with Crippen molar-refractivity contribution < 1.29 is 4.79 Å². The number of fused-ring (bicyclic) bond motifs is 1. The summed E-state index contributed by atoms with van der Waals surface area (Å²) in [7, 11) is 0. The lowest BCUT2D eigenvalue weighted by Gasteiger charge is -2.13. The van der Waals surface area contributed by atoms with Crippen LogP contribution in [0, 0.1) is 0 Å². The minimum atomic E-state index is 0.264. The van der Waals surface area contributed by atoms with Crippen molar-refractivity contribution in [1.82, 2.24) is 10.2 Å². The molecule has 2 fully saturated rings. The molecule has 0 aromatic heterocycles. The highest BCUT2D eigenvalue weighted by Crippen LogP contribution is 2.36. The van der Waals surface area contributed by atoms with Gasteiger partial charge in [-0.15, -0.1) is 0 Å². The van der Waals surface area contributed by atoms with Crippen LogP contribution in [-0.4, -0.2) is 29.9 Å². The molecule has 1 saturated heterocycles. The highest BCUT2D eigenvalue weighted by atomic mass is 16.2. The van der Waals surface area contributed by atoms with Gasteiger partial charge >= 0.3 is 0 Å². The van der Waals surface area contributed by atoms with Crippen LogP contribution in [0.5, 0.6) is 0 Å². The summed E-state index contributed by atoms with van der Waals surface area (Å²) in [6.07, 6.45) is 3.58. The number of carbonyl (C=O) groups is 1. The molecule has 2 heterocycles. The Kier molecular flexibility index (Phi) is 2.24. The molecule has 3 aliphatic rings. The quantitative estimate of drug-likeness (QED) is 0.859. The van der Waals surface area contributed by atoms with Crippen LogP contribution >= 0.6 is 0 Å². The number of hydrogen-bond acceptors (Lipinski definition) is 2. The van der Waals surface area contributed by atoms with E-state index in [0.29, 0.717) is 12.0 Å². The molecular formula is C15H18N2O. The summed E-state index contributed by atoms with van der Waals surface area (Å²) < 4.78 is 0. The summed E-state index contributed by atoms with van der Waals surface area (Å²) in [6.45, 7) is 2.99. The van der Waals surface area contributed by atoms with Gasteiger partial charge in [0.15, 0.2) is 0 Å². The predicted octanol–water partition coefficient (Wildman–Crippen LogP) is 1.88. The first-order valence-electron chi connectivity index (χ1n) is 6.97. The zero-order chi connectivity index (χ0) is 12.1. The molecule has 0 radical (unpaired) electrons. The first-order chi connectivity index (χ1) is 8.83. The average Bonchev–Trinajstić information content (AvgIpc) is 2.98. The molecule has 0 bridgehead atoms. The smallest absolute Gasteiger partial charge is 0.254 e. The molecule has 18 heavy (non-hydrogen) atoms. The van der Waals surface area contributed by atoms with Crippen molar-refractivity contribution in [2.75, 3.05) is 13.1 Å². The van der Waals surface area contributed by atoms with Crippen molar-refractivity contribution in [2.45, 2.75) is 37.8 Å². The van der Waals surface area contributed by atoms with E-state index in [9.17, 15) is 4.79 Å². The van der Waals surface area contributed by atoms with E-state index in [0.717, 1.165) is 25.2 Å². The molecule has 3 heteroatoms. The number of hydrogen-bond donors (Lipinski definition) is 1. The maximum Gasteiger partial charge on any atom is 0.254 e. The second-order valence-corrected chi connectivity index (χ2v) is 5.77. The van der Waals surface area contributed by atoms with Gasteiger partial charge in [-0.25, -0.2) is 0 Å². The van der Waals surface area contributed by atoms with Gasteiger partial charge in [0, 0.05) is 24.7 Å². The maximum absolute atomic E-state index is 12.4. The van der Waals surface area contributed by atoms with Crippen molar-refractivity contribution in [3.8, 4) is 0 Å². The third kappa shape index (κ3) is 1.57. The van der Waals surface area contributed by atoms with E-state index in [4.69, 9.17) is 0 Å². The van der Waals surface area contributed by atoms with E-state index in [2.05, 4.69) is 28.4 Å². The van der Waals surface area contributed by atoms with Crippen LogP contribution in [0.1, 0.15) is 46.7 Å². The maximum atomic E-state index is 12.4. The summed E-state index contributed by atoms with van der Waals surface area (Å²) in [5.74, 6) is 0.860.